The van der Waals surface area contributed by atoms with Crippen molar-refractivity contribution < 1.29 is 4.79 Å². The van der Waals surface area contributed by atoms with Crippen LogP contribution in [-0.4, -0.2) is 10.9 Å². The van der Waals surface area contributed by atoms with Gasteiger partial charge in [-0.1, -0.05) is 46.1 Å². The highest BCUT2D eigenvalue weighted by molar-refractivity contribution is 7.22. The second kappa shape index (κ2) is 5.81. The summed E-state index contributed by atoms with van der Waals surface area (Å²) in [5.41, 5.74) is 1.16. The third-order valence-corrected chi connectivity index (χ3v) is 4.30. The van der Waals surface area contributed by atoms with Gasteiger partial charge in [-0.3, -0.25) is 10.1 Å². The number of benzene rings is 2. The number of hydrogen-bond acceptors (Lipinski definition) is 3. The molecule has 0 aliphatic heterocycles. The zero-order valence-electron chi connectivity index (χ0n) is 10.4. The van der Waals surface area contributed by atoms with E-state index >= 15 is 0 Å². The molecule has 3 aromatic rings. The van der Waals surface area contributed by atoms with Crippen LogP contribution in [0.1, 0.15) is 10.4 Å². The average Bonchev–Trinajstić information content (AvgIpc) is 2.78. The summed E-state index contributed by atoms with van der Waals surface area (Å²) in [6, 6.07) is 10.0. The molecule has 0 radical (unpaired) electrons. The molecular weight excluding hydrogens is 351 g/mol. The van der Waals surface area contributed by atoms with Gasteiger partial charge in [0.25, 0.3) is 5.91 Å². The fourth-order valence-corrected chi connectivity index (χ4v) is 3.47. The number of aromatic nitrogens is 1. The van der Waals surface area contributed by atoms with Crippen LogP contribution in [0.4, 0.5) is 5.13 Å². The van der Waals surface area contributed by atoms with Gasteiger partial charge in [-0.05, 0) is 36.4 Å². The van der Waals surface area contributed by atoms with E-state index in [1.54, 1.807) is 36.4 Å². The first-order valence-corrected chi connectivity index (χ1v) is 7.80. The van der Waals surface area contributed by atoms with Gasteiger partial charge >= 0.3 is 0 Å². The van der Waals surface area contributed by atoms with E-state index in [-0.39, 0.29) is 5.91 Å². The fraction of sp³-hybridized carbons (Fsp3) is 0. The van der Waals surface area contributed by atoms with Gasteiger partial charge in [0.1, 0.15) is 0 Å². The number of fused-ring (bicyclic) bond motifs is 1. The van der Waals surface area contributed by atoms with E-state index in [0.717, 1.165) is 10.2 Å². The number of anilines is 1. The first-order valence-electron chi connectivity index (χ1n) is 5.85. The topological polar surface area (TPSA) is 42.0 Å². The lowest BCUT2D eigenvalue weighted by Gasteiger charge is -2.02. The molecule has 0 bridgehead atoms. The van der Waals surface area contributed by atoms with Crippen molar-refractivity contribution in [1.82, 2.24) is 4.98 Å². The number of amides is 1. The molecule has 0 atom stereocenters. The Balaban J connectivity index is 1.88. The number of nitrogens with zero attached hydrogens (tertiary/aromatic N) is 1. The molecule has 106 valence electrons. The Morgan fingerprint density at radius 1 is 1.00 bits per heavy atom. The first kappa shape index (κ1) is 14.6. The van der Waals surface area contributed by atoms with Crippen molar-refractivity contribution in [2.24, 2.45) is 0 Å². The van der Waals surface area contributed by atoms with Gasteiger partial charge in [-0.2, -0.15) is 0 Å². The van der Waals surface area contributed by atoms with E-state index in [1.807, 2.05) is 0 Å². The molecule has 0 spiro atoms. The molecule has 1 heterocycles. The molecule has 7 heteroatoms. The number of hydrogen-bond donors (Lipinski definition) is 1. The minimum absolute atomic E-state index is 0.315. The van der Waals surface area contributed by atoms with Crippen molar-refractivity contribution >= 4 is 67.4 Å². The van der Waals surface area contributed by atoms with E-state index in [0.29, 0.717) is 25.8 Å². The van der Waals surface area contributed by atoms with Crippen molar-refractivity contribution in [1.29, 1.82) is 0 Å². The number of rotatable bonds is 2. The maximum absolute atomic E-state index is 12.2. The molecule has 0 saturated carbocycles. The predicted octanol–water partition coefficient (Wildman–Crippen LogP) is 5.51. The quantitative estimate of drug-likeness (QED) is 0.657. The molecule has 0 aliphatic carbocycles. The van der Waals surface area contributed by atoms with Gasteiger partial charge in [0, 0.05) is 20.6 Å². The van der Waals surface area contributed by atoms with Crippen LogP contribution in [0.2, 0.25) is 15.1 Å². The largest absolute Gasteiger partial charge is 0.298 e. The first-order chi connectivity index (χ1) is 10.0. The summed E-state index contributed by atoms with van der Waals surface area (Å²) in [5, 5.41) is 4.67. The highest BCUT2D eigenvalue weighted by atomic mass is 35.5. The van der Waals surface area contributed by atoms with Crippen molar-refractivity contribution in [3.63, 3.8) is 0 Å². The highest BCUT2D eigenvalue weighted by Crippen LogP contribution is 2.29. The van der Waals surface area contributed by atoms with E-state index in [1.165, 1.54) is 11.3 Å². The minimum atomic E-state index is -0.315. The third kappa shape index (κ3) is 3.30. The van der Waals surface area contributed by atoms with E-state index < -0.39 is 0 Å². The van der Waals surface area contributed by atoms with Crippen LogP contribution in [-0.2, 0) is 0 Å². The Morgan fingerprint density at radius 3 is 2.43 bits per heavy atom. The summed E-state index contributed by atoms with van der Waals surface area (Å²) in [6.45, 7) is 0. The molecule has 1 aromatic heterocycles. The molecule has 0 unspecified atom stereocenters. The zero-order valence-corrected chi connectivity index (χ0v) is 13.4. The van der Waals surface area contributed by atoms with Gasteiger partial charge in [-0.15, -0.1) is 0 Å². The molecule has 0 aliphatic rings. The molecule has 3 rings (SSSR count). The Morgan fingerprint density at radius 2 is 1.71 bits per heavy atom. The summed E-state index contributed by atoms with van der Waals surface area (Å²) < 4.78 is 0.905. The van der Waals surface area contributed by atoms with Crippen LogP contribution in [0.3, 0.4) is 0 Å². The molecule has 21 heavy (non-hydrogen) atoms. The number of carbonyl (C=O) groups is 1. The Labute approximate surface area is 139 Å². The lowest BCUT2D eigenvalue weighted by atomic mass is 10.2. The third-order valence-electron chi connectivity index (χ3n) is 2.70. The standard InChI is InChI=1S/C14H7Cl3N2OS/c15-8-1-2-11-12(6-8)21-14(18-11)19-13(20)7-3-9(16)5-10(17)4-7/h1-6H,(H,18,19,20). The Kier molecular flexibility index (Phi) is 4.04. The maximum Gasteiger partial charge on any atom is 0.257 e. The number of thiazole rings is 1. The van der Waals surface area contributed by atoms with Crippen molar-refractivity contribution in [3.8, 4) is 0 Å². The van der Waals surface area contributed by atoms with Crippen LogP contribution in [0.25, 0.3) is 10.2 Å². The molecule has 2 aromatic carbocycles. The van der Waals surface area contributed by atoms with Crippen LogP contribution in [0.15, 0.2) is 36.4 Å². The number of carbonyl (C=O) groups excluding carboxylic acids is 1. The van der Waals surface area contributed by atoms with Gasteiger partial charge in [0.15, 0.2) is 5.13 Å². The van der Waals surface area contributed by atoms with Crippen molar-refractivity contribution in [2.75, 3.05) is 5.32 Å². The lowest BCUT2D eigenvalue weighted by Crippen LogP contribution is -2.11. The summed E-state index contributed by atoms with van der Waals surface area (Å²) in [6.07, 6.45) is 0. The van der Waals surface area contributed by atoms with Gasteiger partial charge in [0.05, 0.1) is 10.2 Å². The SMILES string of the molecule is O=C(Nc1nc2ccc(Cl)cc2s1)c1cc(Cl)cc(Cl)c1. The van der Waals surface area contributed by atoms with E-state index in [4.69, 9.17) is 34.8 Å². The Hall–Kier alpha value is -1.33. The van der Waals surface area contributed by atoms with E-state index in [2.05, 4.69) is 10.3 Å². The minimum Gasteiger partial charge on any atom is -0.298 e. The molecule has 3 nitrogen and oxygen atoms in total. The van der Waals surface area contributed by atoms with Gasteiger partial charge < -0.3 is 0 Å². The zero-order chi connectivity index (χ0) is 15.0. The molecular formula is C14H7Cl3N2OS. The molecule has 0 fully saturated rings. The molecule has 0 saturated heterocycles. The summed E-state index contributed by atoms with van der Waals surface area (Å²) >= 11 is 19.0. The fourth-order valence-electron chi connectivity index (χ4n) is 1.81. The number of nitrogens with one attached hydrogen (secondary N) is 1. The highest BCUT2D eigenvalue weighted by Gasteiger charge is 2.11. The smallest absolute Gasteiger partial charge is 0.257 e. The maximum atomic E-state index is 12.2. The van der Waals surface area contributed by atoms with Crippen LogP contribution >= 0.6 is 46.1 Å². The normalized spacial score (nSPS) is 10.8. The Bertz CT molecular complexity index is 827. The molecule has 1 amide bonds. The molecule has 1 N–H and O–H groups in total. The van der Waals surface area contributed by atoms with Gasteiger partial charge in [0.2, 0.25) is 0 Å². The summed E-state index contributed by atoms with van der Waals surface area (Å²) in [4.78, 5) is 16.5. The van der Waals surface area contributed by atoms with Crippen LogP contribution in [0.5, 0.6) is 0 Å². The lowest BCUT2D eigenvalue weighted by molar-refractivity contribution is 0.102. The van der Waals surface area contributed by atoms with Crippen LogP contribution < -0.4 is 5.32 Å². The predicted molar refractivity (Wildman–Crippen MR) is 89.0 cm³/mol. The van der Waals surface area contributed by atoms with Crippen LogP contribution in [0, 0.1) is 0 Å². The van der Waals surface area contributed by atoms with E-state index in [9.17, 15) is 4.79 Å². The van der Waals surface area contributed by atoms with Gasteiger partial charge in [-0.25, -0.2) is 4.98 Å². The van der Waals surface area contributed by atoms with Crippen molar-refractivity contribution in [3.05, 3.63) is 57.0 Å². The monoisotopic (exact) mass is 356 g/mol. The summed E-state index contributed by atoms with van der Waals surface area (Å²) in [7, 11) is 0. The number of halogens is 3. The second-order valence-electron chi connectivity index (χ2n) is 4.24. The van der Waals surface area contributed by atoms with Crippen molar-refractivity contribution in [2.45, 2.75) is 0 Å². The second-order valence-corrected chi connectivity index (χ2v) is 6.58. The summed E-state index contributed by atoms with van der Waals surface area (Å²) in [5.74, 6) is -0.315. The average molecular weight is 358 g/mol.